The zero-order valence-corrected chi connectivity index (χ0v) is 12.2. The lowest BCUT2D eigenvalue weighted by molar-refractivity contribution is 0.847. The van der Waals surface area contributed by atoms with E-state index < -0.39 is 0 Å². The fraction of sp³-hybridized carbons (Fsp3) is 0.400. The van der Waals surface area contributed by atoms with Crippen molar-refractivity contribution in [1.29, 1.82) is 0 Å². The molecule has 0 amide bonds. The normalized spacial score (nSPS) is 11.3. The van der Waals surface area contributed by atoms with Crippen molar-refractivity contribution in [1.82, 2.24) is 19.6 Å². The van der Waals surface area contributed by atoms with Crippen molar-refractivity contribution in [3.05, 3.63) is 30.1 Å². The molecule has 0 atom stereocenters. The van der Waals surface area contributed by atoms with Gasteiger partial charge in [0.25, 0.3) is 0 Å². The number of hydrogen-bond donors (Lipinski definition) is 0. The number of nitrogens with zero attached hydrogens (tertiary/aromatic N) is 5. The molecule has 0 unspecified atom stereocenters. The minimum absolute atomic E-state index is 0.851. The highest BCUT2D eigenvalue weighted by Crippen LogP contribution is 2.24. The van der Waals surface area contributed by atoms with Crippen LogP contribution in [0, 0.1) is 0 Å². The third-order valence-corrected chi connectivity index (χ3v) is 3.66. The van der Waals surface area contributed by atoms with Crippen LogP contribution in [0.4, 0.5) is 5.82 Å². The maximum atomic E-state index is 4.80. The van der Waals surface area contributed by atoms with Crippen molar-refractivity contribution < 1.29 is 0 Å². The van der Waals surface area contributed by atoms with Gasteiger partial charge < -0.3 is 4.90 Å². The fourth-order valence-corrected chi connectivity index (χ4v) is 2.59. The Balaban J connectivity index is 2.42. The lowest BCUT2D eigenvalue weighted by atomic mass is 10.3. The maximum absolute atomic E-state index is 4.80. The van der Waals surface area contributed by atoms with Gasteiger partial charge in [-0.15, -0.1) is 10.2 Å². The van der Waals surface area contributed by atoms with Crippen LogP contribution in [0.15, 0.2) is 24.3 Å². The Kier molecular flexibility index (Phi) is 3.26. The second kappa shape index (κ2) is 5.07. The van der Waals surface area contributed by atoms with Crippen LogP contribution in [0.25, 0.3) is 16.7 Å². The number of benzene rings is 1. The first-order chi connectivity index (χ1) is 9.80. The highest BCUT2D eigenvalue weighted by molar-refractivity contribution is 5.83. The highest BCUT2D eigenvalue weighted by atomic mass is 15.3. The Morgan fingerprint density at radius 2 is 1.80 bits per heavy atom. The van der Waals surface area contributed by atoms with E-state index in [1.54, 1.807) is 0 Å². The van der Waals surface area contributed by atoms with Gasteiger partial charge in [0.05, 0.1) is 11.0 Å². The van der Waals surface area contributed by atoms with E-state index in [9.17, 15) is 0 Å². The van der Waals surface area contributed by atoms with Gasteiger partial charge in [-0.25, -0.2) is 4.98 Å². The number of para-hydroxylation sites is 2. The van der Waals surface area contributed by atoms with Gasteiger partial charge in [-0.2, -0.15) is 0 Å². The monoisotopic (exact) mass is 269 g/mol. The zero-order valence-electron chi connectivity index (χ0n) is 12.2. The molecular weight excluding hydrogens is 250 g/mol. The van der Waals surface area contributed by atoms with Crippen molar-refractivity contribution in [3.63, 3.8) is 0 Å². The zero-order chi connectivity index (χ0) is 14.1. The predicted octanol–water partition coefficient (Wildman–Crippen LogP) is 2.69. The summed E-state index contributed by atoms with van der Waals surface area (Å²) < 4.78 is 2.13. The Morgan fingerprint density at radius 3 is 2.50 bits per heavy atom. The first-order valence-corrected chi connectivity index (χ1v) is 7.17. The molecule has 0 aliphatic carbocycles. The molecule has 104 valence electrons. The third kappa shape index (κ3) is 1.81. The van der Waals surface area contributed by atoms with Crippen LogP contribution in [0.2, 0.25) is 0 Å². The minimum atomic E-state index is 0.851. The number of aryl methyl sites for hydroxylation is 1. The smallest absolute Gasteiger partial charge is 0.204 e. The molecule has 0 aliphatic heterocycles. The lowest BCUT2D eigenvalue weighted by Crippen LogP contribution is -2.24. The van der Waals surface area contributed by atoms with Crippen molar-refractivity contribution in [2.75, 3.05) is 18.0 Å². The van der Waals surface area contributed by atoms with E-state index >= 15 is 0 Å². The van der Waals surface area contributed by atoms with Crippen LogP contribution in [-0.4, -0.2) is 32.7 Å². The summed E-state index contributed by atoms with van der Waals surface area (Å²) in [6.07, 6.45) is 0.854. The van der Waals surface area contributed by atoms with Gasteiger partial charge in [-0.3, -0.25) is 4.40 Å². The van der Waals surface area contributed by atoms with Gasteiger partial charge in [-0.05, 0) is 26.0 Å². The van der Waals surface area contributed by atoms with Crippen LogP contribution in [0.5, 0.6) is 0 Å². The molecule has 2 aromatic heterocycles. The minimum Gasteiger partial charge on any atom is -0.354 e. The molecule has 5 nitrogen and oxygen atoms in total. The molecule has 0 N–H and O–H groups in total. The number of fused-ring (bicyclic) bond motifs is 3. The van der Waals surface area contributed by atoms with Gasteiger partial charge in [-0.1, -0.05) is 19.1 Å². The predicted molar refractivity (Wildman–Crippen MR) is 81.2 cm³/mol. The van der Waals surface area contributed by atoms with Crippen LogP contribution >= 0.6 is 0 Å². The molecule has 0 aliphatic rings. The van der Waals surface area contributed by atoms with Crippen molar-refractivity contribution >= 4 is 22.5 Å². The average molecular weight is 269 g/mol. The summed E-state index contributed by atoms with van der Waals surface area (Å²) in [5, 5.41) is 8.69. The standard InChI is InChI=1S/C15H19N5/c1-4-13-17-18-15-14(19(5-2)6-3)16-11-9-7-8-10-12(11)20(13)15/h7-10H,4-6H2,1-3H3. The average Bonchev–Trinajstić information content (AvgIpc) is 2.93. The van der Waals surface area contributed by atoms with E-state index in [0.717, 1.165) is 47.8 Å². The quantitative estimate of drug-likeness (QED) is 0.730. The summed E-state index contributed by atoms with van der Waals surface area (Å²) >= 11 is 0. The molecule has 0 bridgehead atoms. The van der Waals surface area contributed by atoms with Crippen LogP contribution < -0.4 is 4.90 Å². The molecule has 1 aromatic carbocycles. The summed E-state index contributed by atoms with van der Waals surface area (Å²) in [6, 6.07) is 8.16. The summed E-state index contributed by atoms with van der Waals surface area (Å²) in [6.45, 7) is 8.18. The lowest BCUT2D eigenvalue weighted by Gasteiger charge is -2.20. The molecule has 0 spiro atoms. The Morgan fingerprint density at radius 1 is 1.05 bits per heavy atom. The SMILES string of the molecule is CCc1nnc2c(N(CC)CC)nc3ccccc3n12. The molecule has 0 radical (unpaired) electrons. The van der Waals surface area contributed by atoms with E-state index in [2.05, 4.69) is 46.3 Å². The largest absolute Gasteiger partial charge is 0.354 e. The second-order valence-corrected chi connectivity index (χ2v) is 4.73. The molecule has 0 saturated carbocycles. The van der Waals surface area contributed by atoms with Gasteiger partial charge in [0.1, 0.15) is 5.82 Å². The van der Waals surface area contributed by atoms with Crippen molar-refractivity contribution in [3.8, 4) is 0 Å². The topological polar surface area (TPSA) is 46.3 Å². The fourth-order valence-electron chi connectivity index (χ4n) is 2.59. The molecule has 0 saturated heterocycles. The van der Waals surface area contributed by atoms with E-state index in [0.29, 0.717) is 0 Å². The number of rotatable bonds is 4. The Bertz CT molecular complexity index is 742. The number of hydrogen-bond acceptors (Lipinski definition) is 4. The van der Waals surface area contributed by atoms with Crippen molar-refractivity contribution in [2.45, 2.75) is 27.2 Å². The van der Waals surface area contributed by atoms with E-state index in [-0.39, 0.29) is 0 Å². The third-order valence-electron chi connectivity index (χ3n) is 3.66. The Hall–Kier alpha value is -2.17. The van der Waals surface area contributed by atoms with Crippen LogP contribution in [0.1, 0.15) is 26.6 Å². The van der Waals surface area contributed by atoms with E-state index in [4.69, 9.17) is 4.98 Å². The van der Waals surface area contributed by atoms with Gasteiger partial charge in [0.2, 0.25) is 5.65 Å². The first kappa shape index (κ1) is 12.8. The van der Waals surface area contributed by atoms with E-state index in [1.807, 2.05) is 18.2 Å². The summed E-state index contributed by atoms with van der Waals surface area (Å²) in [5.74, 6) is 1.90. The Labute approximate surface area is 118 Å². The summed E-state index contributed by atoms with van der Waals surface area (Å²) in [4.78, 5) is 7.01. The molecule has 0 fully saturated rings. The molecule has 2 heterocycles. The van der Waals surface area contributed by atoms with Gasteiger partial charge in [0, 0.05) is 19.5 Å². The molecular formula is C15H19N5. The maximum Gasteiger partial charge on any atom is 0.204 e. The van der Waals surface area contributed by atoms with Gasteiger partial charge >= 0.3 is 0 Å². The van der Waals surface area contributed by atoms with Crippen LogP contribution in [0.3, 0.4) is 0 Å². The summed E-state index contributed by atoms with van der Waals surface area (Å²) in [5.41, 5.74) is 2.90. The summed E-state index contributed by atoms with van der Waals surface area (Å²) in [7, 11) is 0. The molecule has 3 aromatic rings. The molecule has 5 heteroatoms. The van der Waals surface area contributed by atoms with Crippen molar-refractivity contribution in [2.24, 2.45) is 0 Å². The van der Waals surface area contributed by atoms with E-state index in [1.165, 1.54) is 0 Å². The van der Waals surface area contributed by atoms with Gasteiger partial charge in [0.15, 0.2) is 5.82 Å². The second-order valence-electron chi connectivity index (χ2n) is 4.73. The highest BCUT2D eigenvalue weighted by Gasteiger charge is 2.16. The first-order valence-electron chi connectivity index (χ1n) is 7.17. The van der Waals surface area contributed by atoms with Crippen LogP contribution in [-0.2, 0) is 6.42 Å². The molecule has 3 rings (SSSR count). The molecule has 20 heavy (non-hydrogen) atoms. The number of anilines is 1. The number of aromatic nitrogens is 4.